The third kappa shape index (κ3) is 3.85. The van der Waals surface area contributed by atoms with Gasteiger partial charge in [0.15, 0.2) is 0 Å². The summed E-state index contributed by atoms with van der Waals surface area (Å²) in [7, 11) is -1.61. The smallest absolute Gasteiger partial charge is 0.489 e. The van der Waals surface area contributed by atoms with Crippen molar-refractivity contribution in [3.8, 4) is 0 Å². The van der Waals surface area contributed by atoms with Gasteiger partial charge in [-0.1, -0.05) is 6.08 Å². The number of aliphatic hydroxyl groups is 1. The fraction of sp³-hybridized carbons (Fsp3) is 0.143. The normalized spacial score (nSPS) is 13.9. The zero-order valence-electron chi connectivity index (χ0n) is 6.81. The molecule has 0 amide bonds. The van der Waals surface area contributed by atoms with Gasteiger partial charge in [0.1, 0.15) is 5.76 Å². The Morgan fingerprint density at radius 3 is 2.25 bits per heavy atom. The van der Waals surface area contributed by atoms with Crippen molar-refractivity contribution in [3.63, 3.8) is 0 Å². The number of allylic oxidation sites excluding steroid dienone is 4. The maximum atomic E-state index is 8.93. The van der Waals surface area contributed by atoms with E-state index in [2.05, 4.69) is 0 Å². The van der Waals surface area contributed by atoms with Gasteiger partial charge < -0.3 is 20.9 Å². The molecule has 0 aromatic rings. The van der Waals surface area contributed by atoms with E-state index in [1.54, 1.807) is 6.92 Å². The SMILES string of the molecule is C\C=C(O)/C=C\C(=C/N)B(O)O. The van der Waals surface area contributed by atoms with Gasteiger partial charge in [0.25, 0.3) is 0 Å². The van der Waals surface area contributed by atoms with Crippen LogP contribution in [0.15, 0.2) is 35.7 Å². The van der Waals surface area contributed by atoms with Gasteiger partial charge in [0.05, 0.1) is 0 Å². The Balaban J connectivity index is 4.32. The Hall–Kier alpha value is -1.20. The summed E-state index contributed by atoms with van der Waals surface area (Å²) in [5, 5.41) is 26.2. The van der Waals surface area contributed by atoms with E-state index in [1.807, 2.05) is 0 Å². The Morgan fingerprint density at radius 1 is 1.33 bits per heavy atom. The molecule has 0 aromatic carbocycles. The average molecular weight is 169 g/mol. The molecule has 0 bridgehead atoms. The van der Waals surface area contributed by atoms with E-state index in [0.29, 0.717) is 0 Å². The molecule has 0 aliphatic heterocycles. The molecular formula is C7H12BNO3. The van der Waals surface area contributed by atoms with Crippen LogP contribution < -0.4 is 5.73 Å². The Bertz CT molecular complexity index is 221. The second kappa shape index (κ2) is 5.45. The summed E-state index contributed by atoms with van der Waals surface area (Å²) < 4.78 is 0. The second-order valence-electron chi connectivity index (χ2n) is 2.09. The molecule has 0 atom stereocenters. The second-order valence-corrected chi connectivity index (χ2v) is 2.09. The van der Waals surface area contributed by atoms with Gasteiger partial charge in [-0.2, -0.15) is 0 Å². The van der Waals surface area contributed by atoms with Crippen molar-refractivity contribution in [2.24, 2.45) is 5.73 Å². The van der Waals surface area contributed by atoms with Crippen LogP contribution >= 0.6 is 0 Å². The molecule has 5 N–H and O–H groups in total. The monoisotopic (exact) mass is 169 g/mol. The number of hydrogen-bond acceptors (Lipinski definition) is 4. The van der Waals surface area contributed by atoms with E-state index < -0.39 is 7.12 Å². The largest absolute Gasteiger partial charge is 0.508 e. The molecule has 4 nitrogen and oxygen atoms in total. The Labute approximate surface area is 71.5 Å². The first-order chi connectivity index (χ1) is 5.61. The zero-order valence-corrected chi connectivity index (χ0v) is 6.81. The van der Waals surface area contributed by atoms with Crippen molar-refractivity contribution >= 4 is 7.12 Å². The summed E-state index contributed by atoms with van der Waals surface area (Å²) in [5.74, 6) is 0.0370. The summed E-state index contributed by atoms with van der Waals surface area (Å²) in [6.45, 7) is 1.65. The van der Waals surface area contributed by atoms with Crippen LogP contribution in [0.1, 0.15) is 6.92 Å². The van der Waals surface area contributed by atoms with E-state index in [4.69, 9.17) is 20.9 Å². The molecule has 0 unspecified atom stereocenters. The Kier molecular flexibility index (Phi) is 4.91. The molecule has 0 saturated carbocycles. The highest BCUT2D eigenvalue weighted by molar-refractivity contribution is 6.51. The van der Waals surface area contributed by atoms with E-state index in [-0.39, 0.29) is 11.2 Å². The minimum Gasteiger partial charge on any atom is -0.508 e. The highest BCUT2D eigenvalue weighted by Gasteiger charge is 2.10. The van der Waals surface area contributed by atoms with E-state index in [0.717, 1.165) is 6.20 Å². The molecular weight excluding hydrogens is 157 g/mol. The molecule has 0 aromatic heterocycles. The van der Waals surface area contributed by atoms with E-state index in [9.17, 15) is 0 Å². The molecule has 0 saturated heterocycles. The summed E-state index contributed by atoms with van der Waals surface area (Å²) in [6.07, 6.45) is 5.16. The fourth-order valence-electron chi connectivity index (χ4n) is 0.506. The van der Waals surface area contributed by atoms with Crippen LogP contribution in [0.5, 0.6) is 0 Å². The molecule has 5 heteroatoms. The van der Waals surface area contributed by atoms with Gasteiger partial charge >= 0.3 is 7.12 Å². The van der Waals surface area contributed by atoms with Crippen molar-refractivity contribution in [1.82, 2.24) is 0 Å². The topological polar surface area (TPSA) is 86.7 Å². The molecule has 0 heterocycles. The number of hydrogen-bond donors (Lipinski definition) is 4. The maximum Gasteiger partial charge on any atom is 0.489 e. The number of nitrogens with two attached hydrogens (primary N) is 1. The van der Waals surface area contributed by atoms with Gasteiger partial charge in [-0.3, -0.25) is 0 Å². The van der Waals surface area contributed by atoms with Gasteiger partial charge in [0.2, 0.25) is 0 Å². The highest BCUT2D eigenvalue weighted by Crippen LogP contribution is 1.99. The van der Waals surface area contributed by atoms with Crippen molar-refractivity contribution in [1.29, 1.82) is 0 Å². The Morgan fingerprint density at radius 2 is 1.92 bits per heavy atom. The molecule has 0 rings (SSSR count). The van der Waals surface area contributed by atoms with Gasteiger partial charge in [0, 0.05) is 0 Å². The third-order valence-corrected chi connectivity index (χ3v) is 1.23. The number of aliphatic hydroxyl groups excluding tert-OH is 1. The third-order valence-electron chi connectivity index (χ3n) is 1.23. The standard InChI is InChI=1S/C7H12BNO3/c1-2-7(10)4-3-6(5-9)8(11)12/h2-5,10-12H,9H2,1H3/b4-3-,6-5+,7-2+. The molecule has 0 aliphatic rings. The molecule has 0 aliphatic carbocycles. The van der Waals surface area contributed by atoms with Gasteiger partial charge in [-0.25, -0.2) is 0 Å². The first-order valence-electron chi connectivity index (χ1n) is 3.43. The van der Waals surface area contributed by atoms with Crippen molar-refractivity contribution in [2.45, 2.75) is 6.92 Å². The van der Waals surface area contributed by atoms with Gasteiger partial charge in [-0.05, 0) is 30.7 Å². The predicted octanol–water partition coefficient (Wildman–Crippen LogP) is -0.141. The van der Waals surface area contributed by atoms with Crippen LogP contribution in [-0.2, 0) is 0 Å². The molecule has 0 fully saturated rings. The van der Waals surface area contributed by atoms with Crippen LogP contribution in [0.25, 0.3) is 0 Å². The van der Waals surface area contributed by atoms with E-state index in [1.165, 1.54) is 18.2 Å². The summed E-state index contributed by atoms with van der Waals surface area (Å²) >= 11 is 0. The van der Waals surface area contributed by atoms with Crippen molar-refractivity contribution < 1.29 is 15.2 Å². The van der Waals surface area contributed by atoms with Crippen LogP contribution in [0, 0.1) is 0 Å². The lowest BCUT2D eigenvalue weighted by molar-refractivity contribution is 0.420. The minimum absolute atomic E-state index is 0.0370. The lowest BCUT2D eigenvalue weighted by atomic mass is 9.80. The number of rotatable bonds is 3. The lowest BCUT2D eigenvalue weighted by Crippen LogP contribution is -2.15. The van der Waals surface area contributed by atoms with Crippen molar-refractivity contribution in [3.05, 3.63) is 35.7 Å². The van der Waals surface area contributed by atoms with Crippen molar-refractivity contribution in [2.75, 3.05) is 0 Å². The lowest BCUT2D eigenvalue weighted by Gasteiger charge is -1.96. The first-order valence-corrected chi connectivity index (χ1v) is 3.43. The average Bonchev–Trinajstić information content (AvgIpc) is 2.04. The summed E-state index contributed by atoms with van der Waals surface area (Å²) in [6, 6.07) is 0. The predicted molar refractivity (Wildman–Crippen MR) is 48.0 cm³/mol. The molecule has 66 valence electrons. The quantitative estimate of drug-likeness (QED) is 0.269. The molecule has 0 spiro atoms. The minimum atomic E-state index is -1.61. The van der Waals surface area contributed by atoms with Crippen LogP contribution in [0.3, 0.4) is 0 Å². The van der Waals surface area contributed by atoms with Gasteiger partial charge in [-0.15, -0.1) is 0 Å². The van der Waals surface area contributed by atoms with Crippen LogP contribution in [0.4, 0.5) is 0 Å². The summed E-state index contributed by atoms with van der Waals surface area (Å²) in [5.41, 5.74) is 5.20. The zero-order chi connectivity index (χ0) is 9.56. The van der Waals surface area contributed by atoms with Crippen LogP contribution in [-0.4, -0.2) is 22.3 Å². The maximum absolute atomic E-state index is 8.93. The summed E-state index contributed by atoms with van der Waals surface area (Å²) in [4.78, 5) is 0. The fourth-order valence-corrected chi connectivity index (χ4v) is 0.506. The molecule has 12 heavy (non-hydrogen) atoms. The highest BCUT2D eigenvalue weighted by atomic mass is 16.4. The molecule has 0 radical (unpaired) electrons. The van der Waals surface area contributed by atoms with E-state index >= 15 is 0 Å². The van der Waals surface area contributed by atoms with Crippen LogP contribution in [0.2, 0.25) is 0 Å². The first kappa shape index (κ1) is 10.8.